The van der Waals surface area contributed by atoms with Crippen molar-refractivity contribution in [1.29, 1.82) is 0 Å². The molecule has 2 aromatic rings. The number of aryl methyl sites for hydroxylation is 2. The number of amides is 1. The molecular weight excluding hydrogens is 238 g/mol. The lowest BCUT2D eigenvalue weighted by Gasteiger charge is -2.17. The van der Waals surface area contributed by atoms with Crippen LogP contribution in [0, 0.1) is 6.92 Å². The highest BCUT2D eigenvalue weighted by Gasteiger charge is 2.14. The van der Waals surface area contributed by atoms with Crippen molar-refractivity contribution < 1.29 is 4.79 Å². The first-order valence-corrected chi connectivity index (χ1v) is 6.45. The molecule has 0 fully saturated rings. The van der Waals surface area contributed by atoms with Gasteiger partial charge in [-0.1, -0.05) is 18.2 Å². The van der Waals surface area contributed by atoms with E-state index in [1.807, 2.05) is 55.1 Å². The third-order valence-electron chi connectivity index (χ3n) is 3.14. The van der Waals surface area contributed by atoms with Gasteiger partial charge in [-0.2, -0.15) is 5.10 Å². The highest BCUT2D eigenvalue weighted by atomic mass is 16.2. The van der Waals surface area contributed by atoms with E-state index in [9.17, 15) is 4.79 Å². The van der Waals surface area contributed by atoms with Crippen LogP contribution >= 0.6 is 0 Å². The zero-order valence-electron chi connectivity index (χ0n) is 11.6. The predicted molar refractivity (Wildman–Crippen MR) is 74.9 cm³/mol. The molecule has 0 unspecified atom stereocenters. The Morgan fingerprint density at radius 3 is 2.68 bits per heavy atom. The lowest BCUT2D eigenvalue weighted by atomic mass is 10.1. The van der Waals surface area contributed by atoms with Gasteiger partial charge < -0.3 is 4.90 Å². The summed E-state index contributed by atoms with van der Waals surface area (Å²) in [6, 6.07) is 9.59. The van der Waals surface area contributed by atoms with Crippen molar-refractivity contribution >= 4 is 5.91 Å². The lowest BCUT2D eigenvalue weighted by Crippen LogP contribution is -2.27. The molecular formula is C15H19N3O. The Hall–Kier alpha value is -2.10. The average Bonchev–Trinajstić information content (AvgIpc) is 2.86. The molecule has 0 aliphatic carbocycles. The minimum Gasteiger partial charge on any atom is -0.336 e. The number of hydrogen-bond acceptors (Lipinski definition) is 2. The van der Waals surface area contributed by atoms with Gasteiger partial charge in [0.25, 0.3) is 5.91 Å². The Morgan fingerprint density at radius 1 is 1.32 bits per heavy atom. The molecule has 0 N–H and O–H groups in total. The van der Waals surface area contributed by atoms with Gasteiger partial charge in [-0.25, -0.2) is 0 Å². The molecule has 2 rings (SSSR count). The molecule has 4 nitrogen and oxygen atoms in total. The number of nitrogens with zero attached hydrogens (tertiary/aromatic N) is 3. The summed E-state index contributed by atoms with van der Waals surface area (Å²) in [4.78, 5) is 14.0. The highest BCUT2D eigenvalue weighted by Crippen LogP contribution is 2.11. The zero-order valence-corrected chi connectivity index (χ0v) is 11.6. The van der Waals surface area contributed by atoms with Crippen LogP contribution in [-0.4, -0.2) is 27.6 Å². The van der Waals surface area contributed by atoms with Gasteiger partial charge >= 0.3 is 0 Å². The number of carbonyl (C=O) groups is 1. The van der Waals surface area contributed by atoms with E-state index in [4.69, 9.17) is 0 Å². The van der Waals surface area contributed by atoms with Gasteiger partial charge in [0.2, 0.25) is 0 Å². The van der Waals surface area contributed by atoms with Crippen LogP contribution in [0.1, 0.15) is 28.5 Å². The van der Waals surface area contributed by atoms with Crippen LogP contribution in [0.5, 0.6) is 0 Å². The fourth-order valence-corrected chi connectivity index (χ4v) is 2.00. The molecule has 0 spiro atoms. The third-order valence-corrected chi connectivity index (χ3v) is 3.14. The van der Waals surface area contributed by atoms with E-state index < -0.39 is 0 Å². The highest BCUT2D eigenvalue weighted by molar-refractivity contribution is 5.95. The number of aromatic nitrogens is 2. The molecule has 19 heavy (non-hydrogen) atoms. The van der Waals surface area contributed by atoms with Crippen molar-refractivity contribution in [2.75, 3.05) is 7.05 Å². The van der Waals surface area contributed by atoms with Crippen LogP contribution in [0.25, 0.3) is 0 Å². The zero-order chi connectivity index (χ0) is 13.8. The Bertz CT molecular complexity index is 574. The van der Waals surface area contributed by atoms with Crippen molar-refractivity contribution in [2.45, 2.75) is 26.9 Å². The van der Waals surface area contributed by atoms with Gasteiger partial charge in [-0.3, -0.25) is 9.48 Å². The summed E-state index contributed by atoms with van der Waals surface area (Å²) in [5.41, 5.74) is 2.66. The van der Waals surface area contributed by atoms with Gasteiger partial charge in [0.05, 0.1) is 12.2 Å². The molecule has 4 heteroatoms. The van der Waals surface area contributed by atoms with Crippen molar-refractivity contribution in [1.82, 2.24) is 14.7 Å². The molecule has 0 aliphatic rings. The molecule has 1 heterocycles. The topological polar surface area (TPSA) is 38.1 Å². The van der Waals surface area contributed by atoms with Crippen molar-refractivity contribution in [3.63, 3.8) is 0 Å². The Kier molecular flexibility index (Phi) is 4.00. The molecule has 1 aromatic heterocycles. The molecule has 0 aliphatic heterocycles. The summed E-state index contributed by atoms with van der Waals surface area (Å²) >= 11 is 0. The first kappa shape index (κ1) is 13.3. The number of carbonyl (C=O) groups excluding carboxylic acids is 1. The summed E-state index contributed by atoms with van der Waals surface area (Å²) in [7, 11) is 1.81. The van der Waals surface area contributed by atoms with Gasteiger partial charge in [0.1, 0.15) is 0 Å². The number of hydrogen-bond donors (Lipinski definition) is 0. The number of rotatable bonds is 4. The molecule has 1 amide bonds. The Morgan fingerprint density at radius 2 is 2.05 bits per heavy atom. The van der Waals surface area contributed by atoms with Crippen molar-refractivity contribution in [3.8, 4) is 0 Å². The normalized spacial score (nSPS) is 10.5. The average molecular weight is 257 g/mol. The van der Waals surface area contributed by atoms with E-state index >= 15 is 0 Å². The summed E-state index contributed by atoms with van der Waals surface area (Å²) < 4.78 is 1.86. The maximum atomic E-state index is 12.3. The standard InChI is InChI=1S/C15H19N3O/c1-4-18-10-9-13(16-18)11-17(3)15(19)14-8-6-5-7-12(14)2/h5-10H,4,11H2,1-3H3. The molecule has 0 bridgehead atoms. The summed E-state index contributed by atoms with van der Waals surface area (Å²) in [6.07, 6.45) is 1.93. The van der Waals surface area contributed by atoms with Gasteiger partial charge in [-0.15, -0.1) is 0 Å². The summed E-state index contributed by atoms with van der Waals surface area (Å²) in [6.45, 7) is 5.36. The molecule has 0 radical (unpaired) electrons. The minimum atomic E-state index is 0.0316. The fourth-order valence-electron chi connectivity index (χ4n) is 2.00. The molecule has 100 valence electrons. The van der Waals surface area contributed by atoms with E-state index in [1.165, 1.54) is 0 Å². The summed E-state index contributed by atoms with van der Waals surface area (Å²) in [5.74, 6) is 0.0316. The van der Waals surface area contributed by atoms with Gasteiger partial charge in [0.15, 0.2) is 0 Å². The second kappa shape index (κ2) is 5.69. The van der Waals surface area contributed by atoms with E-state index in [2.05, 4.69) is 5.10 Å². The smallest absolute Gasteiger partial charge is 0.254 e. The molecule has 0 atom stereocenters. The maximum absolute atomic E-state index is 12.3. The SMILES string of the molecule is CCn1ccc(CN(C)C(=O)c2ccccc2C)n1. The van der Waals surface area contributed by atoms with E-state index in [0.29, 0.717) is 6.54 Å². The second-order valence-electron chi connectivity index (χ2n) is 4.64. The molecule has 0 saturated carbocycles. The lowest BCUT2D eigenvalue weighted by molar-refractivity contribution is 0.0782. The van der Waals surface area contributed by atoms with Crippen LogP contribution in [0.4, 0.5) is 0 Å². The summed E-state index contributed by atoms with van der Waals surface area (Å²) in [5, 5.41) is 4.39. The quantitative estimate of drug-likeness (QED) is 0.844. The molecule has 1 aromatic carbocycles. The predicted octanol–water partition coefficient (Wildman–Crippen LogP) is 2.48. The monoisotopic (exact) mass is 257 g/mol. The second-order valence-corrected chi connectivity index (χ2v) is 4.64. The van der Waals surface area contributed by atoms with Crippen LogP contribution in [-0.2, 0) is 13.1 Å². The molecule has 0 saturated heterocycles. The van der Waals surface area contributed by atoms with E-state index in [-0.39, 0.29) is 5.91 Å². The maximum Gasteiger partial charge on any atom is 0.254 e. The van der Waals surface area contributed by atoms with Crippen LogP contribution < -0.4 is 0 Å². The Balaban J connectivity index is 2.09. The van der Waals surface area contributed by atoms with Gasteiger partial charge in [-0.05, 0) is 31.5 Å². The minimum absolute atomic E-state index is 0.0316. The number of benzene rings is 1. The third kappa shape index (κ3) is 3.02. The van der Waals surface area contributed by atoms with E-state index in [0.717, 1.165) is 23.4 Å². The van der Waals surface area contributed by atoms with Crippen molar-refractivity contribution in [2.24, 2.45) is 0 Å². The van der Waals surface area contributed by atoms with Crippen molar-refractivity contribution in [3.05, 3.63) is 53.3 Å². The fraction of sp³-hybridized carbons (Fsp3) is 0.333. The Labute approximate surface area is 113 Å². The van der Waals surface area contributed by atoms with Crippen LogP contribution in [0.3, 0.4) is 0 Å². The largest absolute Gasteiger partial charge is 0.336 e. The van der Waals surface area contributed by atoms with Crippen LogP contribution in [0.2, 0.25) is 0 Å². The first-order chi connectivity index (χ1) is 9.11. The van der Waals surface area contributed by atoms with E-state index in [1.54, 1.807) is 11.9 Å². The van der Waals surface area contributed by atoms with Gasteiger partial charge in [0, 0.05) is 25.4 Å². The first-order valence-electron chi connectivity index (χ1n) is 6.45. The van der Waals surface area contributed by atoms with Crippen LogP contribution in [0.15, 0.2) is 36.5 Å².